The molecule has 0 unspecified atom stereocenters. The van der Waals surface area contributed by atoms with Crippen molar-refractivity contribution in [1.82, 2.24) is 0 Å². The second-order valence-corrected chi connectivity index (χ2v) is 12.9. The molecule has 0 aromatic heterocycles. The van der Waals surface area contributed by atoms with Crippen LogP contribution < -0.4 is 23.8 Å². The minimum Gasteiger partial charge on any atom is -0.497 e. The van der Waals surface area contributed by atoms with E-state index in [0.29, 0.717) is 17.2 Å². The van der Waals surface area contributed by atoms with Crippen LogP contribution in [0.2, 0.25) is 0 Å². The van der Waals surface area contributed by atoms with Gasteiger partial charge >= 0.3 is 0 Å². The molecule has 0 aliphatic heterocycles. The number of nitrogens with one attached hydrogen (secondary N) is 2. The SMILES string of the molecule is COc1ccc(OC)c(NS(=O)(=O)c2ccc(NC(=O)CN(c3ccc(C)c(C)c3)S(=O)(=O)c3ccccc3)cc2)c1. The van der Waals surface area contributed by atoms with Gasteiger partial charge in [0.25, 0.3) is 20.0 Å². The van der Waals surface area contributed by atoms with Crippen molar-refractivity contribution in [2.24, 2.45) is 0 Å². The standard InChI is InChI=1S/C30H31N3O7S2/c1-21-10-13-24(18-22(21)2)33(42(37,38)27-8-6-5-7-9-27)20-30(34)31-23-11-15-26(16-12-23)41(35,36)32-28-19-25(39-3)14-17-29(28)40-4/h5-19,32H,20H2,1-4H3,(H,31,34). The molecule has 0 fully saturated rings. The summed E-state index contributed by atoms with van der Waals surface area (Å²) in [6.07, 6.45) is 0. The number of aryl methyl sites for hydroxylation is 2. The highest BCUT2D eigenvalue weighted by Crippen LogP contribution is 2.31. The minimum atomic E-state index is -4.07. The van der Waals surface area contributed by atoms with Gasteiger partial charge in [0.05, 0.1) is 35.4 Å². The molecule has 10 nitrogen and oxygen atoms in total. The fourth-order valence-corrected chi connectivity index (χ4v) is 6.56. The van der Waals surface area contributed by atoms with Crippen molar-refractivity contribution in [3.8, 4) is 11.5 Å². The maximum atomic E-state index is 13.6. The Morgan fingerprint density at radius 2 is 1.45 bits per heavy atom. The second kappa shape index (κ2) is 12.5. The average molecular weight is 610 g/mol. The summed E-state index contributed by atoms with van der Waals surface area (Å²) in [5, 5.41) is 2.66. The lowest BCUT2D eigenvalue weighted by molar-refractivity contribution is -0.114. The molecular weight excluding hydrogens is 578 g/mol. The molecule has 0 heterocycles. The molecule has 0 aliphatic carbocycles. The van der Waals surface area contributed by atoms with Gasteiger partial charge in [0.15, 0.2) is 0 Å². The van der Waals surface area contributed by atoms with E-state index in [0.717, 1.165) is 15.4 Å². The van der Waals surface area contributed by atoms with Gasteiger partial charge in [-0.2, -0.15) is 0 Å². The first-order valence-corrected chi connectivity index (χ1v) is 15.7. The van der Waals surface area contributed by atoms with Gasteiger partial charge in [0.2, 0.25) is 5.91 Å². The zero-order chi connectivity index (χ0) is 30.5. The summed E-state index contributed by atoms with van der Waals surface area (Å²) in [6, 6.07) is 23.2. The van der Waals surface area contributed by atoms with Crippen LogP contribution in [0, 0.1) is 13.8 Å². The number of rotatable bonds is 11. The van der Waals surface area contributed by atoms with Gasteiger partial charge in [0.1, 0.15) is 18.0 Å². The van der Waals surface area contributed by atoms with E-state index in [1.54, 1.807) is 48.5 Å². The third kappa shape index (κ3) is 6.84. The number of methoxy groups -OCH3 is 2. The van der Waals surface area contributed by atoms with Crippen molar-refractivity contribution in [2.45, 2.75) is 23.6 Å². The van der Waals surface area contributed by atoms with E-state index < -0.39 is 32.5 Å². The Kier molecular flexibility index (Phi) is 9.08. The van der Waals surface area contributed by atoms with E-state index >= 15 is 0 Å². The Labute approximate surface area is 246 Å². The number of hydrogen-bond acceptors (Lipinski definition) is 7. The third-order valence-corrected chi connectivity index (χ3v) is 9.67. The summed E-state index contributed by atoms with van der Waals surface area (Å²) in [4.78, 5) is 13.1. The number of amides is 1. The maximum absolute atomic E-state index is 13.6. The third-order valence-electron chi connectivity index (χ3n) is 6.50. The number of hydrogen-bond donors (Lipinski definition) is 2. The molecule has 0 radical (unpaired) electrons. The summed E-state index contributed by atoms with van der Waals surface area (Å²) in [5.41, 5.74) is 2.68. The highest BCUT2D eigenvalue weighted by Gasteiger charge is 2.27. The van der Waals surface area contributed by atoms with E-state index in [1.807, 2.05) is 13.8 Å². The van der Waals surface area contributed by atoms with Crippen LogP contribution in [-0.4, -0.2) is 43.5 Å². The molecule has 2 N–H and O–H groups in total. The molecule has 0 bridgehead atoms. The maximum Gasteiger partial charge on any atom is 0.264 e. The van der Waals surface area contributed by atoms with Gasteiger partial charge in [-0.1, -0.05) is 24.3 Å². The van der Waals surface area contributed by atoms with E-state index in [1.165, 1.54) is 56.7 Å². The molecule has 0 atom stereocenters. The Morgan fingerprint density at radius 3 is 2.07 bits per heavy atom. The van der Waals surface area contributed by atoms with E-state index in [9.17, 15) is 21.6 Å². The fourth-order valence-electron chi connectivity index (χ4n) is 4.06. The number of nitrogens with zero attached hydrogens (tertiary/aromatic N) is 1. The van der Waals surface area contributed by atoms with Gasteiger partial charge in [-0.15, -0.1) is 0 Å². The summed E-state index contributed by atoms with van der Waals surface area (Å²) < 4.78 is 67.1. The van der Waals surface area contributed by atoms with Crippen LogP contribution in [0.25, 0.3) is 0 Å². The summed E-state index contributed by atoms with van der Waals surface area (Å²) in [6.45, 7) is 3.27. The molecule has 0 saturated carbocycles. The monoisotopic (exact) mass is 609 g/mol. The topological polar surface area (TPSA) is 131 Å². The molecule has 12 heteroatoms. The molecule has 4 rings (SSSR count). The molecule has 4 aromatic carbocycles. The number of carbonyl (C=O) groups excluding carboxylic acids is 1. The van der Waals surface area contributed by atoms with Gasteiger partial charge in [0, 0.05) is 11.8 Å². The summed E-state index contributed by atoms with van der Waals surface area (Å²) in [7, 11) is -5.20. The van der Waals surface area contributed by atoms with Crippen LogP contribution in [0.3, 0.4) is 0 Å². The predicted molar refractivity (Wildman–Crippen MR) is 162 cm³/mol. The predicted octanol–water partition coefficient (Wildman–Crippen LogP) is 4.96. The highest BCUT2D eigenvalue weighted by molar-refractivity contribution is 7.93. The number of anilines is 3. The first kappa shape index (κ1) is 30.4. The zero-order valence-corrected chi connectivity index (χ0v) is 25.1. The molecule has 0 saturated heterocycles. The fraction of sp³-hybridized carbons (Fsp3) is 0.167. The number of benzene rings is 4. The van der Waals surface area contributed by atoms with E-state index in [4.69, 9.17) is 9.47 Å². The van der Waals surface area contributed by atoms with Crippen LogP contribution in [0.15, 0.2) is 101 Å². The van der Waals surface area contributed by atoms with Gasteiger partial charge in [-0.25, -0.2) is 16.8 Å². The molecular formula is C30H31N3O7S2. The molecule has 1 amide bonds. The van der Waals surface area contributed by atoms with E-state index in [-0.39, 0.29) is 21.2 Å². The van der Waals surface area contributed by atoms with Crippen molar-refractivity contribution >= 4 is 43.0 Å². The lowest BCUT2D eigenvalue weighted by Gasteiger charge is -2.25. The van der Waals surface area contributed by atoms with Crippen molar-refractivity contribution in [3.63, 3.8) is 0 Å². The Balaban J connectivity index is 1.54. The van der Waals surface area contributed by atoms with Gasteiger partial charge in [-0.05, 0) is 85.6 Å². The van der Waals surface area contributed by atoms with Crippen molar-refractivity contribution in [2.75, 3.05) is 35.1 Å². The molecule has 4 aromatic rings. The van der Waals surface area contributed by atoms with E-state index in [2.05, 4.69) is 10.0 Å². The van der Waals surface area contributed by atoms with Crippen LogP contribution in [0.5, 0.6) is 11.5 Å². The largest absolute Gasteiger partial charge is 0.497 e. The Morgan fingerprint density at radius 1 is 0.762 bits per heavy atom. The van der Waals surface area contributed by atoms with Crippen LogP contribution in [-0.2, 0) is 24.8 Å². The molecule has 0 aliphatic rings. The quantitative estimate of drug-likeness (QED) is 0.246. The lowest BCUT2D eigenvalue weighted by Crippen LogP contribution is -2.38. The normalized spacial score (nSPS) is 11.4. The van der Waals surface area contributed by atoms with Crippen molar-refractivity contribution < 1.29 is 31.1 Å². The Bertz CT molecular complexity index is 1790. The number of sulfonamides is 2. The van der Waals surface area contributed by atoms with Crippen molar-refractivity contribution in [3.05, 3.63) is 102 Å². The van der Waals surface area contributed by atoms with Crippen LogP contribution in [0.1, 0.15) is 11.1 Å². The molecule has 220 valence electrons. The average Bonchev–Trinajstić information content (AvgIpc) is 2.98. The lowest BCUT2D eigenvalue weighted by atomic mass is 10.1. The Hall–Kier alpha value is -4.55. The highest BCUT2D eigenvalue weighted by atomic mass is 32.2. The minimum absolute atomic E-state index is 0.0470. The van der Waals surface area contributed by atoms with Gasteiger partial charge in [-0.3, -0.25) is 13.8 Å². The smallest absolute Gasteiger partial charge is 0.264 e. The van der Waals surface area contributed by atoms with Crippen LogP contribution in [0.4, 0.5) is 17.1 Å². The first-order valence-electron chi connectivity index (χ1n) is 12.7. The summed E-state index contributed by atoms with van der Waals surface area (Å²) in [5.74, 6) is 0.139. The molecule has 42 heavy (non-hydrogen) atoms. The van der Waals surface area contributed by atoms with Crippen LogP contribution >= 0.6 is 0 Å². The van der Waals surface area contributed by atoms with Crippen molar-refractivity contribution in [1.29, 1.82) is 0 Å². The number of carbonyl (C=O) groups is 1. The second-order valence-electron chi connectivity index (χ2n) is 9.34. The first-order chi connectivity index (χ1) is 19.9. The molecule has 0 spiro atoms. The zero-order valence-electron chi connectivity index (χ0n) is 23.5. The number of ether oxygens (including phenoxy) is 2. The summed E-state index contributed by atoms with van der Waals surface area (Å²) >= 11 is 0. The van der Waals surface area contributed by atoms with Gasteiger partial charge < -0.3 is 14.8 Å².